The number of carbonyl (C=O) groups is 1. The summed E-state index contributed by atoms with van der Waals surface area (Å²) in [6.45, 7) is 1.31. The summed E-state index contributed by atoms with van der Waals surface area (Å²) in [7, 11) is 1.58. The lowest BCUT2D eigenvalue weighted by molar-refractivity contribution is 0.0932. The lowest BCUT2D eigenvalue weighted by atomic mass is 10.2. The van der Waals surface area contributed by atoms with Crippen molar-refractivity contribution in [2.24, 2.45) is 0 Å². The molecule has 1 aromatic carbocycles. The number of benzene rings is 1. The number of carbonyl (C=O) groups excluding carboxylic acids is 1. The van der Waals surface area contributed by atoms with Crippen LogP contribution in [0.2, 0.25) is 0 Å². The van der Waals surface area contributed by atoms with Crippen molar-refractivity contribution in [1.29, 1.82) is 0 Å². The van der Waals surface area contributed by atoms with E-state index in [-0.39, 0.29) is 11.6 Å². The maximum Gasteiger partial charge on any atom is 0.270 e. The van der Waals surface area contributed by atoms with E-state index in [2.05, 4.69) is 20.6 Å². The molecule has 7 nitrogen and oxygen atoms in total. The number of nitrogens with zero attached hydrogens (tertiary/aromatic N) is 2. The van der Waals surface area contributed by atoms with E-state index < -0.39 is 0 Å². The summed E-state index contributed by atoms with van der Waals surface area (Å²) in [6, 6.07) is 14.8. The second-order valence-electron chi connectivity index (χ2n) is 5.51. The van der Waals surface area contributed by atoms with Gasteiger partial charge < -0.3 is 19.8 Å². The summed E-state index contributed by atoms with van der Waals surface area (Å²) in [6.07, 6.45) is 1.61. The number of anilines is 1. The van der Waals surface area contributed by atoms with Gasteiger partial charge in [0.15, 0.2) is 5.82 Å². The molecule has 3 rings (SSSR count). The Bertz CT molecular complexity index is 835. The van der Waals surface area contributed by atoms with Gasteiger partial charge in [0.05, 0.1) is 19.4 Å². The molecule has 2 heterocycles. The SMILES string of the molecule is COCCNC(=O)c1cc(NCc2ccco2)nc(-c2ccccc2)n1. The van der Waals surface area contributed by atoms with Crippen LogP contribution in [0.3, 0.4) is 0 Å². The van der Waals surface area contributed by atoms with Crippen molar-refractivity contribution in [2.75, 3.05) is 25.6 Å². The Morgan fingerprint density at radius 3 is 2.73 bits per heavy atom. The molecule has 7 heteroatoms. The second-order valence-corrected chi connectivity index (χ2v) is 5.51. The van der Waals surface area contributed by atoms with E-state index in [0.29, 0.717) is 31.3 Å². The molecule has 0 aliphatic heterocycles. The molecule has 26 heavy (non-hydrogen) atoms. The molecule has 0 spiro atoms. The van der Waals surface area contributed by atoms with Crippen LogP contribution in [0.5, 0.6) is 0 Å². The molecule has 0 unspecified atom stereocenters. The first-order valence-electron chi connectivity index (χ1n) is 8.24. The van der Waals surface area contributed by atoms with Gasteiger partial charge in [-0.15, -0.1) is 0 Å². The van der Waals surface area contributed by atoms with Crippen LogP contribution < -0.4 is 10.6 Å². The summed E-state index contributed by atoms with van der Waals surface area (Å²) >= 11 is 0. The molecule has 1 amide bonds. The summed E-state index contributed by atoms with van der Waals surface area (Å²) < 4.78 is 10.3. The fraction of sp³-hybridized carbons (Fsp3) is 0.211. The van der Waals surface area contributed by atoms with Crippen LogP contribution in [-0.4, -0.2) is 36.1 Å². The minimum atomic E-state index is -0.275. The predicted molar refractivity (Wildman–Crippen MR) is 97.7 cm³/mol. The Morgan fingerprint density at radius 2 is 2.00 bits per heavy atom. The van der Waals surface area contributed by atoms with Crippen molar-refractivity contribution < 1.29 is 13.9 Å². The third-order valence-electron chi connectivity index (χ3n) is 3.61. The third-order valence-corrected chi connectivity index (χ3v) is 3.61. The molecule has 0 saturated heterocycles. The van der Waals surface area contributed by atoms with Crippen LogP contribution in [0.15, 0.2) is 59.2 Å². The third kappa shape index (κ3) is 4.67. The smallest absolute Gasteiger partial charge is 0.270 e. The highest BCUT2D eigenvalue weighted by molar-refractivity contribution is 5.93. The molecule has 0 saturated carbocycles. The first-order chi connectivity index (χ1) is 12.8. The topological polar surface area (TPSA) is 89.3 Å². The van der Waals surface area contributed by atoms with E-state index >= 15 is 0 Å². The minimum Gasteiger partial charge on any atom is -0.467 e. The Morgan fingerprint density at radius 1 is 1.15 bits per heavy atom. The second kappa shape index (κ2) is 8.77. The number of methoxy groups -OCH3 is 1. The number of hydrogen-bond acceptors (Lipinski definition) is 6. The molecule has 2 aromatic heterocycles. The molecular weight excluding hydrogens is 332 g/mol. The highest BCUT2D eigenvalue weighted by Crippen LogP contribution is 2.18. The Hall–Kier alpha value is -3.19. The van der Waals surface area contributed by atoms with Gasteiger partial charge in [-0.05, 0) is 12.1 Å². The largest absolute Gasteiger partial charge is 0.467 e. The minimum absolute atomic E-state index is 0.275. The summed E-state index contributed by atoms with van der Waals surface area (Å²) in [4.78, 5) is 21.3. The number of amides is 1. The van der Waals surface area contributed by atoms with Crippen LogP contribution in [-0.2, 0) is 11.3 Å². The van der Waals surface area contributed by atoms with Gasteiger partial charge in [0, 0.05) is 25.3 Å². The molecule has 0 bridgehead atoms. The van der Waals surface area contributed by atoms with Crippen molar-refractivity contribution in [2.45, 2.75) is 6.54 Å². The Kier molecular flexibility index (Phi) is 5.95. The van der Waals surface area contributed by atoms with Gasteiger partial charge in [-0.2, -0.15) is 0 Å². The first kappa shape index (κ1) is 17.6. The monoisotopic (exact) mass is 352 g/mol. The van der Waals surface area contributed by atoms with E-state index in [0.717, 1.165) is 11.3 Å². The highest BCUT2D eigenvalue weighted by Gasteiger charge is 2.13. The number of rotatable bonds is 8. The normalized spacial score (nSPS) is 10.5. The molecule has 0 fully saturated rings. The fourth-order valence-corrected chi connectivity index (χ4v) is 2.32. The van der Waals surface area contributed by atoms with Crippen LogP contribution in [0.4, 0.5) is 5.82 Å². The molecule has 2 N–H and O–H groups in total. The molecule has 0 aliphatic carbocycles. The number of nitrogens with one attached hydrogen (secondary N) is 2. The van der Waals surface area contributed by atoms with Gasteiger partial charge >= 0.3 is 0 Å². The van der Waals surface area contributed by atoms with Crippen LogP contribution in [0.25, 0.3) is 11.4 Å². The molecule has 0 atom stereocenters. The molecule has 0 aliphatic rings. The van der Waals surface area contributed by atoms with Crippen molar-refractivity contribution in [3.63, 3.8) is 0 Å². The molecular formula is C19H20N4O3. The predicted octanol–water partition coefficient (Wildman–Crippen LogP) is 2.72. The van der Waals surface area contributed by atoms with Gasteiger partial charge in [-0.1, -0.05) is 30.3 Å². The number of furan rings is 1. The van der Waals surface area contributed by atoms with Gasteiger partial charge in [0.25, 0.3) is 5.91 Å². The first-order valence-corrected chi connectivity index (χ1v) is 8.24. The van der Waals surface area contributed by atoms with E-state index in [4.69, 9.17) is 9.15 Å². The van der Waals surface area contributed by atoms with Gasteiger partial charge in [-0.25, -0.2) is 9.97 Å². The van der Waals surface area contributed by atoms with Crippen molar-refractivity contribution in [3.05, 3.63) is 66.2 Å². The number of ether oxygens (including phenoxy) is 1. The lowest BCUT2D eigenvalue weighted by Crippen LogP contribution is -2.28. The average Bonchev–Trinajstić information content (AvgIpc) is 3.20. The van der Waals surface area contributed by atoms with Crippen molar-refractivity contribution >= 4 is 11.7 Å². The number of aromatic nitrogens is 2. The highest BCUT2D eigenvalue weighted by atomic mass is 16.5. The summed E-state index contributed by atoms with van der Waals surface area (Å²) in [5.74, 6) is 1.53. The van der Waals surface area contributed by atoms with E-state index in [1.807, 2.05) is 42.5 Å². The Balaban J connectivity index is 1.84. The maximum atomic E-state index is 12.4. The van der Waals surface area contributed by atoms with E-state index in [1.165, 1.54) is 0 Å². The maximum absolute atomic E-state index is 12.4. The molecule has 3 aromatic rings. The average molecular weight is 352 g/mol. The van der Waals surface area contributed by atoms with Crippen LogP contribution in [0, 0.1) is 0 Å². The quantitative estimate of drug-likeness (QED) is 0.606. The summed E-state index contributed by atoms with van der Waals surface area (Å²) in [5.41, 5.74) is 1.12. The van der Waals surface area contributed by atoms with E-state index in [1.54, 1.807) is 19.4 Å². The summed E-state index contributed by atoms with van der Waals surface area (Å²) in [5, 5.41) is 5.95. The van der Waals surface area contributed by atoms with Crippen LogP contribution in [0.1, 0.15) is 16.2 Å². The zero-order valence-corrected chi connectivity index (χ0v) is 14.4. The van der Waals surface area contributed by atoms with Gasteiger partial charge in [0.2, 0.25) is 0 Å². The zero-order chi connectivity index (χ0) is 18.2. The number of hydrogen-bond donors (Lipinski definition) is 2. The standard InChI is InChI=1S/C19H20N4O3/c1-25-11-9-20-19(24)16-12-17(21-13-15-8-5-10-26-15)23-18(22-16)14-6-3-2-4-7-14/h2-8,10,12H,9,11,13H2,1H3,(H,20,24)(H,21,22,23). The van der Waals surface area contributed by atoms with Gasteiger partial charge in [0.1, 0.15) is 17.3 Å². The fourth-order valence-electron chi connectivity index (χ4n) is 2.32. The van der Waals surface area contributed by atoms with Crippen molar-refractivity contribution in [1.82, 2.24) is 15.3 Å². The van der Waals surface area contributed by atoms with Crippen molar-refractivity contribution in [3.8, 4) is 11.4 Å². The zero-order valence-electron chi connectivity index (χ0n) is 14.4. The lowest BCUT2D eigenvalue weighted by Gasteiger charge is -2.10. The molecule has 134 valence electrons. The Labute approximate surface area is 151 Å². The van der Waals surface area contributed by atoms with E-state index in [9.17, 15) is 4.79 Å². The molecule has 0 radical (unpaired) electrons. The van der Waals surface area contributed by atoms with Crippen LogP contribution >= 0.6 is 0 Å². The van der Waals surface area contributed by atoms with Gasteiger partial charge in [-0.3, -0.25) is 4.79 Å².